The smallest absolute Gasteiger partial charge is 0.322 e. The molecule has 0 saturated carbocycles. The van der Waals surface area contributed by atoms with Gasteiger partial charge in [-0.2, -0.15) is 0 Å². The predicted molar refractivity (Wildman–Crippen MR) is 104 cm³/mol. The lowest BCUT2D eigenvalue weighted by Crippen LogP contribution is -2.50. The molecule has 8 heteroatoms. The molecular formula is C19H21ClFN3O3. The number of hydrogen-bond acceptors (Lipinski definition) is 4. The van der Waals surface area contributed by atoms with Crippen LogP contribution in [0.25, 0.3) is 0 Å². The number of methoxy groups -OCH3 is 2. The minimum Gasteiger partial charge on any atom is -0.497 e. The number of nitrogens with one attached hydrogen (secondary N) is 1. The first-order chi connectivity index (χ1) is 13.0. The molecule has 0 aromatic heterocycles. The van der Waals surface area contributed by atoms with Crippen molar-refractivity contribution in [2.24, 2.45) is 0 Å². The fraction of sp³-hybridized carbons (Fsp3) is 0.316. The lowest BCUT2D eigenvalue weighted by Gasteiger charge is -2.36. The average Bonchev–Trinajstić information content (AvgIpc) is 2.70. The number of urea groups is 1. The Hall–Kier alpha value is -2.67. The zero-order valence-electron chi connectivity index (χ0n) is 15.2. The van der Waals surface area contributed by atoms with E-state index in [9.17, 15) is 9.18 Å². The zero-order valence-corrected chi connectivity index (χ0v) is 15.9. The molecule has 2 amide bonds. The van der Waals surface area contributed by atoms with Crippen LogP contribution in [0.4, 0.5) is 20.6 Å². The van der Waals surface area contributed by atoms with Gasteiger partial charge in [0.15, 0.2) is 0 Å². The molecule has 6 nitrogen and oxygen atoms in total. The van der Waals surface area contributed by atoms with E-state index in [2.05, 4.69) is 10.2 Å². The summed E-state index contributed by atoms with van der Waals surface area (Å²) >= 11 is 5.86. The highest BCUT2D eigenvalue weighted by atomic mass is 35.5. The van der Waals surface area contributed by atoms with Crippen molar-refractivity contribution in [3.63, 3.8) is 0 Å². The fourth-order valence-electron chi connectivity index (χ4n) is 2.96. The Kier molecular flexibility index (Phi) is 5.91. The van der Waals surface area contributed by atoms with E-state index >= 15 is 0 Å². The van der Waals surface area contributed by atoms with Crippen LogP contribution in [0, 0.1) is 5.82 Å². The average molecular weight is 394 g/mol. The minimum absolute atomic E-state index is 0.0952. The molecule has 1 fully saturated rings. The van der Waals surface area contributed by atoms with E-state index in [-0.39, 0.29) is 11.1 Å². The lowest BCUT2D eigenvalue weighted by atomic mass is 10.2. The molecule has 27 heavy (non-hydrogen) atoms. The van der Waals surface area contributed by atoms with E-state index in [1.165, 1.54) is 6.07 Å². The van der Waals surface area contributed by atoms with Crippen molar-refractivity contribution in [3.05, 3.63) is 47.2 Å². The summed E-state index contributed by atoms with van der Waals surface area (Å²) in [7, 11) is 3.11. The summed E-state index contributed by atoms with van der Waals surface area (Å²) in [5.41, 5.74) is 1.39. The van der Waals surface area contributed by atoms with Crippen LogP contribution in [-0.4, -0.2) is 51.3 Å². The number of ether oxygens (including phenoxy) is 2. The maximum absolute atomic E-state index is 13.3. The maximum Gasteiger partial charge on any atom is 0.322 e. The summed E-state index contributed by atoms with van der Waals surface area (Å²) < 4.78 is 23.8. The van der Waals surface area contributed by atoms with Crippen molar-refractivity contribution < 1.29 is 18.7 Å². The van der Waals surface area contributed by atoms with Crippen LogP contribution in [0.15, 0.2) is 36.4 Å². The Morgan fingerprint density at radius 2 is 1.81 bits per heavy atom. The SMILES string of the molecule is COc1ccc(OC)c(NC(=O)N2CCN(c3ccc(F)c(Cl)c3)CC2)c1. The molecule has 0 spiro atoms. The zero-order chi connectivity index (χ0) is 19.4. The molecule has 2 aromatic rings. The van der Waals surface area contributed by atoms with Crippen LogP contribution in [0.1, 0.15) is 0 Å². The van der Waals surface area contributed by atoms with Crippen molar-refractivity contribution in [1.82, 2.24) is 4.90 Å². The Labute approximate surface area is 162 Å². The molecule has 2 aromatic carbocycles. The molecular weight excluding hydrogens is 373 g/mol. The lowest BCUT2D eigenvalue weighted by molar-refractivity contribution is 0.208. The topological polar surface area (TPSA) is 54.0 Å². The number of rotatable bonds is 4. The van der Waals surface area contributed by atoms with Gasteiger partial charge >= 0.3 is 6.03 Å². The summed E-state index contributed by atoms with van der Waals surface area (Å²) in [5.74, 6) is 0.749. The van der Waals surface area contributed by atoms with Crippen molar-refractivity contribution >= 4 is 29.0 Å². The van der Waals surface area contributed by atoms with Gasteiger partial charge in [0.05, 0.1) is 24.9 Å². The van der Waals surface area contributed by atoms with Crippen LogP contribution in [0.2, 0.25) is 5.02 Å². The Balaban J connectivity index is 1.62. The summed E-state index contributed by atoms with van der Waals surface area (Å²) in [6, 6.07) is 9.66. The molecule has 0 unspecified atom stereocenters. The number of amides is 2. The third kappa shape index (κ3) is 4.36. The first-order valence-corrected chi connectivity index (χ1v) is 8.87. The standard InChI is InChI=1S/C19H21ClFN3O3/c1-26-14-4-6-18(27-2)17(12-14)22-19(25)24-9-7-23(8-10-24)13-3-5-16(21)15(20)11-13/h3-6,11-12H,7-10H2,1-2H3,(H,22,25). The molecule has 1 N–H and O–H groups in total. The molecule has 0 bridgehead atoms. The number of benzene rings is 2. The maximum atomic E-state index is 13.3. The normalized spacial score (nSPS) is 14.1. The number of anilines is 2. The molecule has 1 saturated heterocycles. The van der Waals surface area contributed by atoms with Crippen molar-refractivity contribution in [1.29, 1.82) is 0 Å². The summed E-state index contributed by atoms with van der Waals surface area (Å²) in [6.07, 6.45) is 0. The van der Waals surface area contributed by atoms with E-state index in [4.69, 9.17) is 21.1 Å². The number of nitrogens with zero attached hydrogens (tertiary/aromatic N) is 2. The second-order valence-electron chi connectivity index (χ2n) is 6.07. The van der Waals surface area contributed by atoms with Crippen molar-refractivity contribution in [2.75, 3.05) is 50.6 Å². The van der Waals surface area contributed by atoms with E-state index in [1.807, 2.05) is 0 Å². The number of halogens is 2. The highest BCUT2D eigenvalue weighted by Gasteiger charge is 2.22. The Morgan fingerprint density at radius 3 is 2.44 bits per heavy atom. The van der Waals surface area contributed by atoms with Crippen LogP contribution in [-0.2, 0) is 0 Å². The van der Waals surface area contributed by atoms with Gasteiger partial charge in [0.1, 0.15) is 17.3 Å². The molecule has 0 radical (unpaired) electrons. The van der Waals surface area contributed by atoms with Gasteiger partial charge in [-0.1, -0.05) is 11.6 Å². The van der Waals surface area contributed by atoms with Gasteiger partial charge in [0.2, 0.25) is 0 Å². The highest BCUT2D eigenvalue weighted by molar-refractivity contribution is 6.31. The van der Waals surface area contributed by atoms with E-state index < -0.39 is 5.82 Å². The molecule has 1 aliphatic heterocycles. The molecule has 144 valence electrons. The van der Waals surface area contributed by atoms with Gasteiger partial charge in [-0.25, -0.2) is 9.18 Å². The largest absolute Gasteiger partial charge is 0.497 e. The number of carbonyl (C=O) groups excluding carboxylic acids is 1. The van der Waals surface area contributed by atoms with Gasteiger partial charge in [-0.05, 0) is 30.3 Å². The molecule has 0 atom stereocenters. The van der Waals surface area contributed by atoms with Gasteiger partial charge in [0.25, 0.3) is 0 Å². The van der Waals surface area contributed by atoms with Crippen LogP contribution in [0.3, 0.4) is 0 Å². The van der Waals surface area contributed by atoms with Gasteiger partial charge in [0, 0.05) is 37.9 Å². The molecule has 0 aliphatic carbocycles. The van der Waals surface area contributed by atoms with Crippen LogP contribution >= 0.6 is 11.6 Å². The number of piperazine rings is 1. The molecule has 1 aliphatic rings. The summed E-state index contributed by atoms with van der Waals surface area (Å²) in [5, 5.41) is 2.97. The third-order valence-electron chi connectivity index (χ3n) is 4.48. The molecule has 1 heterocycles. The molecule has 3 rings (SSSR count). The Morgan fingerprint density at radius 1 is 1.07 bits per heavy atom. The quantitative estimate of drug-likeness (QED) is 0.857. The second-order valence-corrected chi connectivity index (χ2v) is 6.48. The second kappa shape index (κ2) is 8.35. The summed E-state index contributed by atoms with van der Waals surface area (Å²) in [4.78, 5) is 16.4. The first-order valence-electron chi connectivity index (χ1n) is 8.50. The van der Waals surface area contributed by atoms with Crippen LogP contribution < -0.4 is 19.7 Å². The van der Waals surface area contributed by atoms with Crippen molar-refractivity contribution in [2.45, 2.75) is 0 Å². The van der Waals surface area contributed by atoms with E-state index in [1.54, 1.807) is 49.5 Å². The summed E-state index contributed by atoms with van der Waals surface area (Å²) in [6.45, 7) is 2.33. The van der Waals surface area contributed by atoms with Gasteiger partial charge < -0.3 is 24.6 Å². The first kappa shape index (κ1) is 19.1. The van der Waals surface area contributed by atoms with Crippen LogP contribution in [0.5, 0.6) is 11.5 Å². The highest BCUT2D eigenvalue weighted by Crippen LogP contribution is 2.29. The van der Waals surface area contributed by atoms with Gasteiger partial charge in [-0.15, -0.1) is 0 Å². The fourth-order valence-corrected chi connectivity index (χ4v) is 3.13. The third-order valence-corrected chi connectivity index (χ3v) is 4.77. The number of hydrogen-bond donors (Lipinski definition) is 1. The number of carbonyl (C=O) groups is 1. The van der Waals surface area contributed by atoms with Crippen molar-refractivity contribution in [3.8, 4) is 11.5 Å². The Bertz CT molecular complexity index is 826. The minimum atomic E-state index is -0.439. The van der Waals surface area contributed by atoms with Gasteiger partial charge in [-0.3, -0.25) is 0 Å². The van der Waals surface area contributed by atoms with E-state index in [0.717, 1.165) is 5.69 Å². The predicted octanol–water partition coefficient (Wildman–Crippen LogP) is 3.85. The van der Waals surface area contributed by atoms with E-state index in [0.29, 0.717) is 43.4 Å². The monoisotopic (exact) mass is 393 g/mol.